The van der Waals surface area contributed by atoms with Gasteiger partial charge in [-0.1, -0.05) is 0 Å². The zero-order valence-electron chi connectivity index (χ0n) is 11.0. The molecule has 0 spiro atoms. The molecule has 1 aromatic rings. The lowest BCUT2D eigenvalue weighted by molar-refractivity contribution is 0.118. The largest absolute Gasteiger partial charge is 0.490 e. The molecule has 0 aliphatic carbocycles. The maximum Gasteiger partial charge on any atom is 0.407 e. The quantitative estimate of drug-likeness (QED) is 0.636. The first-order valence-corrected chi connectivity index (χ1v) is 5.80. The van der Waals surface area contributed by atoms with Crippen molar-refractivity contribution in [2.45, 2.75) is 26.3 Å². The molecule has 1 rings (SSSR count). The Morgan fingerprint density at radius 2 is 1.83 bits per heavy atom. The average Bonchev–Trinajstić information content (AvgIpc) is 2.24. The van der Waals surface area contributed by atoms with Crippen LogP contribution >= 0.6 is 0 Å². The lowest BCUT2D eigenvalue weighted by Crippen LogP contribution is -2.41. The number of nitrogen functional groups attached to an aromatic ring is 1. The van der Waals surface area contributed by atoms with Gasteiger partial charge in [0, 0.05) is 11.2 Å². The van der Waals surface area contributed by atoms with E-state index in [-0.39, 0.29) is 12.1 Å². The summed E-state index contributed by atoms with van der Waals surface area (Å²) in [7, 11) is 0. The van der Waals surface area contributed by atoms with Crippen molar-refractivity contribution in [2.75, 3.05) is 18.9 Å². The predicted molar refractivity (Wildman–Crippen MR) is 70.6 cm³/mol. The minimum atomic E-state index is -0.441. The minimum Gasteiger partial charge on any atom is -0.490 e. The molecule has 0 atom stereocenters. The van der Waals surface area contributed by atoms with Crippen LogP contribution in [0, 0.1) is 0 Å². The standard InChI is InChI=1S/C13H20N2O3/c1-13(2,3)15-12(16)18-9-8-17-11-6-4-10(14)5-7-11/h4-7H,8-9,14H2,1-3H3,(H,15,16). The Bertz CT molecular complexity index is 382. The number of rotatable bonds is 4. The number of carbonyl (C=O) groups is 1. The van der Waals surface area contributed by atoms with Crippen LogP contribution in [0.5, 0.6) is 5.75 Å². The van der Waals surface area contributed by atoms with E-state index in [2.05, 4.69) is 5.32 Å². The first kappa shape index (κ1) is 14.2. The lowest BCUT2D eigenvalue weighted by atomic mass is 10.1. The van der Waals surface area contributed by atoms with Crippen molar-refractivity contribution in [1.82, 2.24) is 5.32 Å². The highest BCUT2D eigenvalue weighted by Crippen LogP contribution is 2.12. The van der Waals surface area contributed by atoms with Crippen molar-refractivity contribution in [3.63, 3.8) is 0 Å². The number of alkyl carbamates (subject to hydrolysis) is 1. The fraction of sp³-hybridized carbons (Fsp3) is 0.462. The van der Waals surface area contributed by atoms with Gasteiger partial charge in [0.2, 0.25) is 0 Å². The SMILES string of the molecule is CC(C)(C)NC(=O)OCCOc1ccc(N)cc1. The topological polar surface area (TPSA) is 73.6 Å². The Labute approximate surface area is 107 Å². The van der Waals surface area contributed by atoms with Crippen molar-refractivity contribution >= 4 is 11.8 Å². The van der Waals surface area contributed by atoms with Gasteiger partial charge in [-0.2, -0.15) is 0 Å². The van der Waals surface area contributed by atoms with Crippen LogP contribution in [0.25, 0.3) is 0 Å². The van der Waals surface area contributed by atoms with Gasteiger partial charge in [0.1, 0.15) is 19.0 Å². The number of hydrogen-bond acceptors (Lipinski definition) is 4. The number of ether oxygens (including phenoxy) is 2. The van der Waals surface area contributed by atoms with Crippen molar-refractivity contribution < 1.29 is 14.3 Å². The Balaban J connectivity index is 2.19. The normalized spacial score (nSPS) is 10.8. The second kappa shape index (κ2) is 6.14. The predicted octanol–water partition coefficient (Wildman–Crippen LogP) is 2.17. The number of anilines is 1. The summed E-state index contributed by atoms with van der Waals surface area (Å²) < 4.78 is 10.3. The van der Waals surface area contributed by atoms with Crippen LogP contribution < -0.4 is 15.8 Å². The van der Waals surface area contributed by atoms with Crippen molar-refractivity contribution in [3.8, 4) is 5.75 Å². The maximum atomic E-state index is 11.3. The fourth-order valence-electron chi connectivity index (χ4n) is 1.20. The van der Waals surface area contributed by atoms with Crippen molar-refractivity contribution in [2.24, 2.45) is 0 Å². The minimum absolute atomic E-state index is 0.201. The summed E-state index contributed by atoms with van der Waals surface area (Å²) in [6.45, 7) is 6.17. The second-order valence-corrected chi connectivity index (χ2v) is 4.93. The van der Waals surface area contributed by atoms with Gasteiger partial charge in [-0.3, -0.25) is 0 Å². The maximum absolute atomic E-state index is 11.3. The molecule has 0 radical (unpaired) electrons. The summed E-state index contributed by atoms with van der Waals surface area (Å²) in [4.78, 5) is 11.3. The van der Waals surface area contributed by atoms with Crippen LogP contribution in [-0.2, 0) is 4.74 Å². The molecule has 0 aliphatic rings. The zero-order valence-corrected chi connectivity index (χ0v) is 11.0. The third-order valence-corrected chi connectivity index (χ3v) is 1.94. The first-order valence-electron chi connectivity index (χ1n) is 5.80. The first-order chi connectivity index (χ1) is 8.37. The number of nitrogens with two attached hydrogens (primary N) is 1. The molecule has 0 saturated heterocycles. The van der Waals surface area contributed by atoms with Gasteiger partial charge in [-0.05, 0) is 45.0 Å². The highest BCUT2D eigenvalue weighted by Gasteiger charge is 2.14. The van der Waals surface area contributed by atoms with E-state index in [4.69, 9.17) is 15.2 Å². The second-order valence-electron chi connectivity index (χ2n) is 4.93. The molecule has 0 fully saturated rings. The van der Waals surface area contributed by atoms with E-state index in [0.717, 1.165) is 0 Å². The number of amides is 1. The number of hydrogen-bond donors (Lipinski definition) is 2. The van der Waals surface area contributed by atoms with E-state index in [9.17, 15) is 4.79 Å². The van der Waals surface area contributed by atoms with Gasteiger partial charge < -0.3 is 20.5 Å². The molecule has 0 heterocycles. The smallest absolute Gasteiger partial charge is 0.407 e. The van der Waals surface area contributed by atoms with Crippen LogP contribution in [0.2, 0.25) is 0 Å². The van der Waals surface area contributed by atoms with E-state index < -0.39 is 6.09 Å². The van der Waals surface area contributed by atoms with Crippen LogP contribution in [0.4, 0.5) is 10.5 Å². The summed E-state index contributed by atoms with van der Waals surface area (Å²) >= 11 is 0. The highest BCUT2D eigenvalue weighted by molar-refractivity contribution is 5.68. The third-order valence-electron chi connectivity index (χ3n) is 1.94. The molecule has 0 bridgehead atoms. The van der Waals surface area contributed by atoms with Gasteiger partial charge in [-0.25, -0.2) is 4.79 Å². The Morgan fingerprint density at radius 1 is 1.22 bits per heavy atom. The number of nitrogens with one attached hydrogen (secondary N) is 1. The zero-order chi connectivity index (χ0) is 13.6. The van der Waals surface area contributed by atoms with E-state index >= 15 is 0 Å². The molecule has 0 aliphatic heterocycles. The summed E-state index contributed by atoms with van der Waals surface area (Å²) in [6, 6.07) is 7.04. The number of carbonyl (C=O) groups excluding carboxylic acids is 1. The summed E-state index contributed by atoms with van der Waals surface area (Å²) in [5.41, 5.74) is 5.93. The van der Waals surface area contributed by atoms with Crippen LogP contribution in [0.3, 0.4) is 0 Å². The fourth-order valence-corrected chi connectivity index (χ4v) is 1.20. The van der Waals surface area contributed by atoms with Gasteiger partial charge in [0.25, 0.3) is 0 Å². The molecule has 5 heteroatoms. The van der Waals surface area contributed by atoms with Crippen molar-refractivity contribution in [3.05, 3.63) is 24.3 Å². The van der Waals surface area contributed by atoms with Gasteiger partial charge >= 0.3 is 6.09 Å². The molecule has 0 aromatic heterocycles. The van der Waals surface area contributed by atoms with Gasteiger partial charge in [0.15, 0.2) is 0 Å². The molecule has 100 valence electrons. The Hall–Kier alpha value is -1.91. The Kier molecular flexibility index (Phi) is 4.83. The van der Waals surface area contributed by atoms with Crippen LogP contribution in [0.15, 0.2) is 24.3 Å². The lowest BCUT2D eigenvalue weighted by Gasteiger charge is -2.19. The number of benzene rings is 1. The molecule has 1 amide bonds. The average molecular weight is 252 g/mol. The van der Waals surface area contributed by atoms with Crippen LogP contribution in [-0.4, -0.2) is 24.8 Å². The molecule has 18 heavy (non-hydrogen) atoms. The van der Waals surface area contributed by atoms with E-state index in [1.807, 2.05) is 20.8 Å². The van der Waals surface area contributed by atoms with E-state index in [0.29, 0.717) is 18.0 Å². The van der Waals surface area contributed by atoms with Gasteiger partial charge in [-0.15, -0.1) is 0 Å². The van der Waals surface area contributed by atoms with E-state index in [1.54, 1.807) is 24.3 Å². The molecule has 1 aromatic carbocycles. The molecule has 5 nitrogen and oxygen atoms in total. The monoisotopic (exact) mass is 252 g/mol. The molecule has 0 saturated carbocycles. The molecular weight excluding hydrogens is 232 g/mol. The molecule has 0 unspecified atom stereocenters. The summed E-state index contributed by atoms with van der Waals surface area (Å²) in [6.07, 6.45) is -0.441. The Morgan fingerprint density at radius 3 is 2.39 bits per heavy atom. The summed E-state index contributed by atoms with van der Waals surface area (Å²) in [5, 5.41) is 2.69. The summed E-state index contributed by atoms with van der Waals surface area (Å²) in [5.74, 6) is 0.698. The third kappa shape index (κ3) is 5.98. The molecular formula is C13H20N2O3. The highest BCUT2D eigenvalue weighted by atomic mass is 16.6. The van der Waals surface area contributed by atoms with E-state index in [1.165, 1.54) is 0 Å². The van der Waals surface area contributed by atoms with Gasteiger partial charge in [0.05, 0.1) is 0 Å². The molecule has 3 N–H and O–H groups in total. The van der Waals surface area contributed by atoms with Crippen LogP contribution in [0.1, 0.15) is 20.8 Å². The van der Waals surface area contributed by atoms with Crippen molar-refractivity contribution in [1.29, 1.82) is 0 Å².